The smallest absolute Gasteiger partial charge is 0.0738 e. The first-order chi connectivity index (χ1) is 7.77. The number of aryl methyl sites for hydroxylation is 1. The van der Waals surface area contributed by atoms with E-state index >= 15 is 0 Å². The van der Waals surface area contributed by atoms with Crippen LogP contribution in [0.5, 0.6) is 0 Å². The van der Waals surface area contributed by atoms with E-state index in [9.17, 15) is 5.26 Å². The minimum atomic E-state index is 0.00372. The third kappa shape index (κ3) is 3.09. The van der Waals surface area contributed by atoms with Gasteiger partial charge in [0.25, 0.3) is 0 Å². The van der Waals surface area contributed by atoms with Gasteiger partial charge in [-0.1, -0.05) is 52.8 Å². The fourth-order valence-corrected chi connectivity index (χ4v) is 2.07. The summed E-state index contributed by atoms with van der Waals surface area (Å²) in [7, 11) is 0. The van der Waals surface area contributed by atoms with Crippen LogP contribution in [0.1, 0.15) is 57.2 Å². The zero-order valence-electron chi connectivity index (χ0n) is 11.8. The molecule has 0 saturated carbocycles. The number of nitriles is 1. The van der Waals surface area contributed by atoms with Crippen LogP contribution in [0.3, 0.4) is 0 Å². The summed E-state index contributed by atoms with van der Waals surface area (Å²) in [5, 5.41) is 9.25. The first kappa shape index (κ1) is 13.8. The molecule has 1 aromatic rings. The Morgan fingerprint density at radius 3 is 2.12 bits per heavy atom. The third-order valence-electron chi connectivity index (χ3n) is 3.28. The predicted octanol–water partition coefficient (Wildman–Crippen LogP) is 4.56. The van der Waals surface area contributed by atoms with E-state index in [1.165, 1.54) is 16.7 Å². The van der Waals surface area contributed by atoms with Crippen LogP contribution >= 0.6 is 0 Å². The summed E-state index contributed by atoms with van der Waals surface area (Å²) in [6, 6.07) is 8.93. The van der Waals surface area contributed by atoms with Crippen LogP contribution < -0.4 is 0 Å². The van der Waals surface area contributed by atoms with Gasteiger partial charge in [-0.3, -0.25) is 0 Å². The summed E-state index contributed by atoms with van der Waals surface area (Å²) in [5.74, 6) is 0.364. The second-order valence-corrected chi connectivity index (χ2v) is 6.17. The van der Waals surface area contributed by atoms with Crippen LogP contribution in [0.4, 0.5) is 0 Å². The van der Waals surface area contributed by atoms with E-state index in [0.29, 0.717) is 5.92 Å². The number of nitrogens with zero attached hydrogens (tertiary/aromatic N) is 1. The quantitative estimate of drug-likeness (QED) is 0.729. The summed E-state index contributed by atoms with van der Waals surface area (Å²) < 4.78 is 0. The molecule has 0 heterocycles. The van der Waals surface area contributed by atoms with Gasteiger partial charge < -0.3 is 0 Å². The van der Waals surface area contributed by atoms with Gasteiger partial charge in [-0.05, 0) is 34.9 Å². The molecule has 1 rings (SSSR count). The fourth-order valence-electron chi connectivity index (χ4n) is 2.07. The number of hydrogen-bond acceptors (Lipinski definition) is 1. The van der Waals surface area contributed by atoms with Gasteiger partial charge in [0.05, 0.1) is 12.0 Å². The van der Waals surface area contributed by atoms with E-state index in [4.69, 9.17) is 0 Å². The number of benzene rings is 1. The van der Waals surface area contributed by atoms with Crippen LogP contribution in [0.15, 0.2) is 18.2 Å². The molecule has 0 aromatic heterocycles. The van der Waals surface area contributed by atoms with Gasteiger partial charge >= 0.3 is 0 Å². The van der Waals surface area contributed by atoms with Gasteiger partial charge in [0.1, 0.15) is 0 Å². The Hall–Kier alpha value is -1.29. The Labute approximate surface area is 105 Å². The summed E-state index contributed by atoms with van der Waals surface area (Å²) in [6.45, 7) is 13.0. The zero-order chi connectivity index (χ0) is 13.2. The topological polar surface area (TPSA) is 23.8 Å². The predicted molar refractivity (Wildman–Crippen MR) is 73.1 cm³/mol. The molecule has 17 heavy (non-hydrogen) atoms. The maximum atomic E-state index is 9.25. The standard InChI is InChI=1S/C16H23N/c1-11(2)15(10-17)14-8-7-13(9-12(14)3)16(4,5)6/h7-9,11,15H,1-6H3. The molecule has 0 spiro atoms. The first-order valence-corrected chi connectivity index (χ1v) is 6.28. The zero-order valence-corrected chi connectivity index (χ0v) is 11.8. The van der Waals surface area contributed by atoms with Crippen molar-refractivity contribution in [1.82, 2.24) is 0 Å². The average Bonchev–Trinajstić information content (AvgIpc) is 2.19. The molecule has 0 bridgehead atoms. The maximum absolute atomic E-state index is 9.25. The van der Waals surface area contributed by atoms with Crippen LogP contribution in [-0.2, 0) is 5.41 Å². The van der Waals surface area contributed by atoms with Gasteiger partial charge in [0, 0.05) is 0 Å². The molecular weight excluding hydrogens is 206 g/mol. The van der Waals surface area contributed by atoms with Crippen molar-refractivity contribution >= 4 is 0 Å². The molecule has 1 atom stereocenters. The van der Waals surface area contributed by atoms with Gasteiger partial charge in [0.2, 0.25) is 0 Å². The third-order valence-corrected chi connectivity index (χ3v) is 3.28. The second kappa shape index (κ2) is 4.92. The lowest BCUT2D eigenvalue weighted by molar-refractivity contribution is 0.576. The molecule has 0 aliphatic heterocycles. The van der Waals surface area contributed by atoms with Crippen molar-refractivity contribution in [2.45, 2.75) is 52.9 Å². The lowest BCUT2D eigenvalue weighted by atomic mass is 9.81. The minimum Gasteiger partial charge on any atom is -0.198 e. The van der Waals surface area contributed by atoms with Crippen LogP contribution in [-0.4, -0.2) is 0 Å². The van der Waals surface area contributed by atoms with E-state index < -0.39 is 0 Å². The average molecular weight is 229 g/mol. The molecule has 0 aliphatic carbocycles. The van der Waals surface area contributed by atoms with Crippen molar-refractivity contribution in [2.75, 3.05) is 0 Å². The van der Waals surface area contributed by atoms with Crippen molar-refractivity contribution in [3.8, 4) is 6.07 Å². The van der Waals surface area contributed by atoms with E-state index in [0.717, 1.165) is 0 Å². The largest absolute Gasteiger partial charge is 0.198 e. The van der Waals surface area contributed by atoms with Gasteiger partial charge in [0.15, 0.2) is 0 Å². The van der Waals surface area contributed by atoms with Crippen LogP contribution in [0.2, 0.25) is 0 Å². The molecule has 1 aromatic carbocycles. The summed E-state index contributed by atoms with van der Waals surface area (Å²) in [4.78, 5) is 0. The Morgan fingerprint density at radius 1 is 1.18 bits per heavy atom. The fraction of sp³-hybridized carbons (Fsp3) is 0.562. The lowest BCUT2D eigenvalue weighted by Gasteiger charge is -2.22. The van der Waals surface area contributed by atoms with Gasteiger partial charge in [-0.25, -0.2) is 0 Å². The van der Waals surface area contributed by atoms with E-state index in [1.54, 1.807) is 0 Å². The Kier molecular flexibility index (Phi) is 3.98. The highest BCUT2D eigenvalue weighted by molar-refractivity contribution is 5.38. The molecule has 0 amide bonds. The molecule has 0 radical (unpaired) electrons. The van der Waals surface area contributed by atoms with Crippen LogP contribution in [0, 0.1) is 24.2 Å². The normalized spacial score (nSPS) is 13.5. The molecule has 1 heteroatoms. The summed E-state index contributed by atoms with van der Waals surface area (Å²) >= 11 is 0. The minimum absolute atomic E-state index is 0.00372. The molecule has 0 fully saturated rings. The first-order valence-electron chi connectivity index (χ1n) is 6.28. The Bertz CT molecular complexity index is 430. The highest BCUT2D eigenvalue weighted by Gasteiger charge is 2.19. The number of rotatable bonds is 2. The molecule has 0 N–H and O–H groups in total. The Balaban J connectivity index is 3.19. The van der Waals surface area contributed by atoms with E-state index in [-0.39, 0.29) is 11.3 Å². The molecular formula is C16H23N. The molecule has 1 nitrogen and oxygen atoms in total. The lowest BCUT2D eigenvalue weighted by Crippen LogP contribution is -2.13. The Morgan fingerprint density at radius 2 is 1.76 bits per heavy atom. The van der Waals surface area contributed by atoms with Crippen LogP contribution in [0.25, 0.3) is 0 Å². The highest BCUT2D eigenvalue weighted by atomic mass is 14.3. The molecule has 92 valence electrons. The van der Waals surface area contributed by atoms with Crippen molar-refractivity contribution in [3.63, 3.8) is 0 Å². The number of hydrogen-bond donors (Lipinski definition) is 0. The molecule has 0 aliphatic rings. The monoisotopic (exact) mass is 229 g/mol. The second-order valence-electron chi connectivity index (χ2n) is 6.17. The van der Waals surface area contributed by atoms with Crippen molar-refractivity contribution < 1.29 is 0 Å². The molecule has 0 saturated heterocycles. The maximum Gasteiger partial charge on any atom is 0.0738 e. The van der Waals surface area contributed by atoms with Gasteiger partial charge in [-0.15, -0.1) is 0 Å². The molecule has 1 unspecified atom stereocenters. The van der Waals surface area contributed by atoms with Crippen molar-refractivity contribution in [2.24, 2.45) is 5.92 Å². The van der Waals surface area contributed by atoms with Crippen molar-refractivity contribution in [1.29, 1.82) is 5.26 Å². The van der Waals surface area contributed by atoms with Crippen molar-refractivity contribution in [3.05, 3.63) is 34.9 Å². The van der Waals surface area contributed by atoms with E-state index in [1.807, 2.05) is 0 Å². The van der Waals surface area contributed by atoms with E-state index in [2.05, 4.69) is 65.8 Å². The van der Waals surface area contributed by atoms with Gasteiger partial charge in [-0.2, -0.15) is 5.26 Å². The summed E-state index contributed by atoms with van der Waals surface area (Å²) in [6.07, 6.45) is 0. The SMILES string of the molecule is Cc1cc(C(C)(C)C)ccc1C(C#N)C(C)C. The highest BCUT2D eigenvalue weighted by Crippen LogP contribution is 2.30. The summed E-state index contributed by atoms with van der Waals surface area (Å²) in [5.41, 5.74) is 3.91.